The van der Waals surface area contributed by atoms with Crippen LogP contribution in [0.15, 0.2) is 96.2 Å². The van der Waals surface area contributed by atoms with Gasteiger partial charge >= 0.3 is 0 Å². The minimum Gasteiger partial charge on any atom is -0.489 e. The smallest absolute Gasteiger partial charge is 0.296 e. The number of aromatic nitrogens is 3. The molecule has 1 aliphatic rings. The summed E-state index contributed by atoms with van der Waals surface area (Å²) in [5, 5.41) is 0. The van der Waals surface area contributed by atoms with Gasteiger partial charge in [-0.05, 0) is 61.9 Å². The van der Waals surface area contributed by atoms with Crippen LogP contribution in [-0.2, 0) is 20.9 Å². The first kappa shape index (κ1) is 27.9. The van der Waals surface area contributed by atoms with E-state index < -0.39 is 10.1 Å². The van der Waals surface area contributed by atoms with Gasteiger partial charge in [-0.15, -0.1) is 0 Å². The second kappa shape index (κ2) is 12.0. The summed E-state index contributed by atoms with van der Waals surface area (Å²) in [6.07, 6.45) is 7.16. The lowest BCUT2D eigenvalue weighted by Crippen LogP contribution is -2.22. The lowest BCUT2D eigenvalue weighted by Gasteiger charge is -2.28. The van der Waals surface area contributed by atoms with Gasteiger partial charge in [0.2, 0.25) is 0 Å². The number of rotatable bonds is 9. The molecule has 0 radical (unpaired) electrons. The molecule has 8 nitrogen and oxygen atoms in total. The van der Waals surface area contributed by atoms with Crippen molar-refractivity contribution in [3.05, 3.63) is 108 Å². The zero-order chi connectivity index (χ0) is 29.1. The van der Waals surface area contributed by atoms with Crippen LogP contribution in [0.4, 0.5) is 5.82 Å². The fraction of sp³-hybridized carbons (Fsp3) is 0.273. The number of benzene rings is 3. The lowest BCUT2D eigenvalue weighted by molar-refractivity contribution is 0.199. The molecule has 0 saturated heterocycles. The number of nitrogens with zero attached hydrogens (tertiary/aromatic N) is 3. The van der Waals surface area contributed by atoms with E-state index in [0.29, 0.717) is 12.4 Å². The molecule has 9 heteroatoms. The predicted octanol–water partition coefficient (Wildman–Crippen LogP) is 6.55. The highest BCUT2D eigenvalue weighted by atomic mass is 32.2. The second-order valence-corrected chi connectivity index (χ2v) is 12.5. The summed E-state index contributed by atoms with van der Waals surface area (Å²) in [4.78, 5) is 9.67. The lowest BCUT2D eigenvalue weighted by atomic mass is 9.81. The topological polar surface area (TPSA) is 109 Å². The van der Waals surface area contributed by atoms with Gasteiger partial charge in [0, 0.05) is 23.9 Å². The molecule has 0 unspecified atom stereocenters. The van der Waals surface area contributed by atoms with Gasteiger partial charge in [0.15, 0.2) is 0 Å². The maximum Gasteiger partial charge on any atom is 0.296 e. The van der Waals surface area contributed by atoms with Crippen molar-refractivity contribution < 1.29 is 17.3 Å². The molecule has 0 bridgehead atoms. The fourth-order valence-electron chi connectivity index (χ4n) is 5.69. The highest BCUT2D eigenvalue weighted by molar-refractivity contribution is 7.86. The first-order chi connectivity index (χ1) is 20.4. The zero-order valence-corrected chi connectivity index (χ0v) is 24.3. The van der Waals surface area contributed by atoms with Gasteiger partial charge < -0.3 is 10.5 Å². The number of ether oxygens (including phenoxy) is 1. The molecule has 2 heterocycles. The van der Waals surface area contributed by atoms with Crippen molar-refractivity contribution in [3.63, 3.8) is 0 Å². The van der Waals surface area contributed by atoms with Crippen molar-refractivity contribution in [2.24, 2.45) is 5.92 Å². The van der Waals surface area contributed by atoms with E-state index in [-0.39, 0.29) is 23.3 Å². The van der Waals surface area contributed by atoms with E-state index in [2.05, 4.69) is 4.98 Å². The quantitative estimate of drug-likeness (QED) is 0.196. The van der Waals surface area contributed by atoms with E-state index in [9.17, 15) is 8.42 Å². The van der Waals surface area contributed by atoms with E-state index in [1.54, 1.807) is 30.5 Å². The van der Waals surface area contributed by atoms with E-state index in [4.69, 9.17) is 19.6 Å². The summed E-state index contributed by atoms with van der Waals surface area (Å²) in [5.74, 6) is 2.26. The molecule has 0 spiro atoms. The van der Waals surface area contributed by atoms with Crippen LogP contribution >= 0.6 is 0 Å². The number of aryl methyl sites for hydroxylation is 1. The van der Waals surface area contributed by atoms with Crippen molar-refractivity contribution in [2.75, 3.05) is 12.3 Å². The summed E-state index contributed by atoms with van der Waals surface area (Å²) in [6.45, 7) is 2.53. The SMILES string of the molecule is Cc1ccc(S(=O)(=O)OC[C@H]2CCC[C@@H](c3nc(-c4cccc(OCc5ccccc5)c4)c4c(N)nccn34)C2)cc1. The van der Waals surface area contributed by atoms with Crippen molar-refractivity contribution in [1.29, 1.82) is 0 Å². The monoisotopic (exact) mass is 582 g/mol. The Labute approximate surface area is 246 Å². The first-order valence-electron chi connectivity index (χ1n) is 14.2. The molecule has 5 aromatic rings. The van der Waals surface area contributed by atoms with Crippen LogP contribution in [0, 0.1) is 12.8 Å². The minimum absolute atomic E-state index is 0.0914. The summed E-state index contributed by atoms with van der Waals surface area (Å²) in [6, 6.07) is 24.6. The van der Waals surface area contributed by atoms with E-state index >= 15 is 0 Å². The number of hydrogen-bond donors (Lipinski definition) is 1. The summed E-state index contributed by atoms with van der Waals surface area (Å²) in [7, 11) is -3.81. The number of anilines is 1. The van der Waals surface area contributed by atoms with Gasteiger partial charge in [-0.1, -0.05) is 66.6 Å². The Morgan fingerprint density at radius 1 is 1.00 bits per heavy atom. The molecule has 1 aliphatic carbocycles. The van der Waals surface area contributed by atoms with Crippen LogP contribution in [0.25, 0.3) is 16.8 Å². The molecule has 3 aromatic carbocycles. The normalized spacial score (nSPS) is 17.4. The fourth-order valence-corrected chi connectivity index (χ4v) is 6.66. The highest BCUT2D eigenvalue weighted by Gasteiger charge is 2.30. The number of fused-ring (bicyclic) bond motifs is 1. The highest BCUT2D eigenvalue weighted by Crippen LogP contribution is 2.39. The molecule has 42 heavy (non-hydrogen) atoms. The second-order valence-electron chi connectivity index (χ2n) is 10.9. The molecule has 2 N–H and O–H groups in total. The van der Waals surface area contributed by atoms with Gasteiger partial charge in [-0.2, -0.15) is 8.42 Å². The van der Waals surface area contributed by atoms with Gasteiger partial charge in [-0.25, -0.2) is 9.97 Å². The molecule has 0 amide bonds. The molecule has 1 fully saturated rings. The predicted molar refractivity (Wildman–Crippen MR) is 163 cm³/mol. The van der Waals surface area contributed by atoms with Crippen molar-refractivity contribution in [3.8, 4) is 17.0 Å². The van der Waals surface area contributed by atoms with Crippen LogP contribution in [0.2, 0.25) is 0 Å². The Morgan fingerprint density at radius 2 is 1.81 bits per heavy atom. The van der Waals surface area contributed by atoms with E-state index in [1.807, 2.05) is 72.1 Å². The van der Waals surface area contributed by atoms with Crippen molar-refractivity contribution in [2.45, 2.75) is 50.0 Å². The average molecular weight is 583 g/mol. The van der Waals surface area contributed by atoms with Crippen LogP contribution < -0.4 is 10.5 Å². The number of nitrogen functional groups attached to an aromatic ring is 1. The van der Waals surface area contributed by atoms with Crippen LogP contribution in [0.1, 0.15) is 48.6 Å². The number of imidazole rings is 1. The molecule has 1 saturated carbocycles. The first-order valence-corrected chi connectivity index (χ1v) is 15.6. The molecule has 6 rings (SSSR count). The molecule has 2 aromatic heterocycles. The summed E-state index contributed by atoms with van der Waals surface area (Å²) in [5.41, 5.74) is 10.9. The largest absolute Gasteiger partial charge is 0.489 e. The summed E-state index contributed by atoms with van der Waals surface area (Å²) >= 11 is 0. The molecular formula is C33H34N4O4S. The standard InChI is InChI=1S/C33H34N4O4S/c1-23-13-15-29(16-14-23)42(38,39)41-22-25-9-5-11-27(19-25)33-36-30(31-32(34)35-17-18-37(31)33)26-10-6-12-28(20-26)40-21-24-7-3-2-4-8-24/h2-4,6-8,10,12-18,20,25,27H,5,9,11,19,21-22H2,1H3,(H2,34,35)/t25-,27+/m0/s1. The average Bonchev–Trinajstić information content (AvgIpc) is 3.41. The molecule has 216 valence electrons. The third-order valence-corrected chi connectivity index (χ3v) is 9.18. The number of nitrogens with two attached hydrogens (primary N) is 1. The van der Waals surface area contributed by atoms with Gasteiger partial charge in [0.05, 0.1) is 11.5 Å². The van der Waals surface area contributed by atoms with Crippen LogP contribution in [-0.4, -0.2) is 29.4 Å². The molecule has 2 atom stereocenters. The Hall–Kier alpha value is -4.21. The Morgan fingerprint density at radius 3 is 2.62 bits per heavy atom. The van der Waals surface area contributed by atoms with E-state index in [1.165, 1.54) is 0 Å². The van der Waals surface area contributed by atoms with Gasteiger partial charge in [0.25, 0.3) is 10.1 Å². The third kappa shape index (κ3) is 6.03. The van der Waals surface area contributed by atoms with Crippen molar-refractivity contribution in [1.82, 2.24) is 14.4 Å². The van der Waals surface area contributed by atoms with Crippen LogP contribution in [0.5, 0.6) is 5.75 Å². The third-order valence-electron chi connectivity index (χ3n) is 7.88. The number of hydrogen-bond acceptors (Lipinski definition) is 7. The van der Waals surface area contributed by atoms with Gasteiger partial charge in [-0.3, -0.25) is 8.58 Å². The zero-order valence-electron chi connectivity index (χ0n) is 23.5. The van der Waals surface area contributed by atoms with Gasteiger partial charge in [0.1, 0.15) is 35.2 Å². The van der Waals surface area contributed by atoms with Crippen molar-refractivity contribution >= 4 is 21.5 Å². The maximum absolute atomic E-state index is 12.8. The molecular weight excluding hydrogens is 548 g/mol. The minimum atomic E-state index is -3.81. The van der Waals surface area contributed by atoms with E-state index in [0.717, 1.165) is 65.2 Å². The Kier molecular flexibility index (Phi) is 7.95. The summed E-state index contributed by atoms with van der Waals surface area (Å²) < 4.78 is 39.2. The van der Waals surface area contributed by atoms with Crippen LogP contribution in [0.3, 0.4) is 0 Å². The Bertz CT molecular complexity index is 1790. The Balaban J connectivity index is 1.23. The maximum atomic E-state index is 12.8. The molecule has 0 aliphatic heterocycles.